The molecule has 0 radical (unpaired) electrons. The highest BCUT2D eigenvalue weighted by Crippen LogP contribution is 2.37. The molecule has 0 fully saturated rings. The summed E-state index contributed by atoms with van der Waals surface area (Å²) in [5.74, 6) is -0.0731. The van der Waals surface area contributed by atoms with Crippen LogP contribution in [-0.2, 0) is 11.3 Å². The van der Waals surface area contributed by atoms with Gasteiger partial charge < -0.3 is 19.5 Å². The van der Waals surface area contributed by atoms with Crippen LogP contribution in [0.4, 0.5) is 0 Å². The molecule has 0 saturated carbocycles. The van der Waals surface area contributed by atoms with Crippen LogP contribution in [0.15, 0.2) is 42.5 Å². The Morgan fingerprint density at radius 2 is 1.88 bits per heavy atom. The minimum absolute atomic E-state index is 0.156. The third-order valence-corrected chi connectivity index (χ3v) is 4.39. The van der Waals surface area contributed by atoms with E-state index in [1.165, 1.54) is 14.2 Å². The van der Waals surface area contributed by atoms with Crippen LogP contribution >= 0.6 is 0 Å². The van der Waals surface area contributed by atoms with Gasteiger partial charge in [-0.25, -0.2) is 0 Å². The van der Waals surface area contributed by atoms with E-state index in [4.69, 9.17) is 9.47 Å². The van der Waals surface area contributed by atoms with Gasteiger partial charge in [0.2, 0.25) is 0 Å². The highest BCUT2D eigenvalue weighted by molar-refractivity contribution is 5.98. The molecule has 0 aromatic heterocycles. The van der Waals surface area contributed by atoms with Crippen LogP contribution in [0.2, 0.25) is 0 Å². The van der Waals surface area contributed by atoms with Crippen molar-refractivity contribution in [2.24, 2.45) is 0 Å². The smallest absolute Gasteiger partial charge is 0.305 e. The van der Waals surface area contributed by atoms with Crippen molar-refractivity contribution in [3.05, 3.63) is 59.2 Å². The van der Waals surface area contributed by atoms with Gasteiger partial charge in [-0.2, -0.15) is 0 Å². The molecule has 1 atom stereocenters. The van der Waals surface area contributed by atoms with Crippen LogP contribution < -0.4 is 9.47 Å². The molecule has 0 bridgehead atoms. The van der Waals surface area contributed by atoms with E-state index in [9.17, 15) is 14.7 Å². The van der Waals surface area contributed by atoms with E-state index in [-0.39, 0.29) is 12.3 Å². The van der Waals surface area contributed by atoms with Gasteiger partial charge in [0, 0.05) is 12.1 Å². The van der Waals surface area contributed by atoms with Crippen LogP contribution in [0.25, 0.3) is 0 Å². The lowest BCUT2D eigenvalue weighted by Crippen LogP contribution is -2.30. The van der Waals surface area contributed by atoms with Crippen molar-refractivity contribution < 1.29 is 24.2 Å². The first-order valence-corrected chi connectivity index (χ1v) is 7.87. The number of carbonyl (C=O) groups excluding carboxylic acids is 1. The molecular formula is C19H19NO5. The molecule has 1 aliphatic heterocycles. The number of nitrogens with zero attached hydrogens (tertiary/aromatic N) is 1. The van der Waals surface area contributed by atoms with Crippen LogP contribution in [0.5, 0.6) is 11.5 Å². The zero-order valence-corrected chi connectivity index (χ0v) is 14.1. The Labute approximate surface area is 145 Å². The Morgan fingerprint density at radius 1 is 1.16 bits per heavy atom. The normalized spacial score (nSPS) is 14.2. The topological polar surface area (TPSA) is 76.1 Å². The molecule has 1 amide bonds. The van der Waals surface area contributed by atoms with E-state index in [1.54, 1.807) is 29.2 Å². The predicted molar refractivity (Wildman–Crippen MR) is 90.9 cm³/mol. The number of hydrogen-bond donors (Lipinski definition) is 1. The number of hydrogen-bond acceptors (Lipinski definition) is 4. The summed E-state index contributed by atoms with van der Waals surface area (Å²) in [5.41, 5.74) is 2.22. The minimum Gasteiger partial charge on any atom is -0.493 e. The van der Waals surface area contributed by atoms with Crippen molar-refractivity contribution in [1.29, 1.82) is 0 Å². The summed E-state index contributed by atoms with van der Waals surface area (Å²) in [6, 6.07) is 12.0. The van der Waals surface area contributed by atoms with Gasteiger partial charge in [0.15, 0.2) is 11.5 Å². The number of amides is 1. The van der Waals surface area contributed by atoms with Gasteiger partial charge >= 0.3 is 5.97 Å². The number of aliphatic carboxylic acids is 1. The summed E-state index contributed by atoms with van der Waals surface area (Å²) in [6.45, 7) is 0.390. The second-order valence-electron chi connectivity index (χ2n) is 5.82. The Kier molecular flexibility index (Phi) is 4.61. The van der Waals surface area contributed by atoms with E-state index in [0.717, 1.165) is 5.56 Å². The maximum Gasteiger partial charge on any atom is 0.305 e. The Balaban J connectivity index is 1.99. The lowest BCUT2D eigenvalue weighted by molar-refractivity contribution is -0.138. The summed E-state index contributed by atoms with van der Waals surface area (Å²) in [6.07, 6.45) is -0.185. The van der Waals surface area contributed by atoms with Crippen molar-refractivity contribution in [2.75, 3.05) is 14.2 Å². The number of carboxylic acid groups (broad SMARTS) is 1. The molecule has 2 aromatic carbocycles. The molecule has 130 valence electrons. The van der Waals surface area contributed by atoms with E-state index in [0.29, 0.717) is 29.2 Å². The molecule has 0 unspecified atom stereocenters. The molecule has 1 N–H and O–H groups in total. The van der Waals surface area contributed by atoms with Crippen LogP contribution in [0.1, 0.15) is 33.9 Å². The molecule has 2 aromatic rings. The van der Waals surface area contributed by atoms with Crippen LogP contribution in [-0.4, -0.2) is 36.1 Å². The highest BCUT2D eigenvalue weighted by Gasteiger charge is 2.34. The molecule has 1 heterocycles. The number of rotatable bonds is 6. The lowest BCUT2D eigenvalue weighted by Gasteiger charge is -2.27. The first-order valence-electron chi connectivity index (χ1n) is 7.87. The quantitative estimate of drug-likeness (QED) is 0.874. The molecule has 0 saturated heterocycles. The summed E-state index contributed by atoms with van der Waals surface area (Å²) in [4.78, 5) is 25.7. The zero-order valence-electron chi connectivity index (χ0n) is 14.1. The molecule has 0 spiro atoms. The van der Waals surface area contributed by atoms with E-state index < -0.39 is 12.0 Å². The lowest BCUT2D eigenvalue weighted by atomic mass is 10.0. The molecule has 0 aliphatic carbocycles. The number of methoxy groups -OCH3 is 2. The molecule has 3 rings (SSSR count). The molecule has 6 nitrogen and oxygen atoms in total. The number of fused-ring (bicyclic) bond motifs is 1. The fourth-order valence-corrected chi connectivity index (χ4v) is 3.16. The van der Waals surface area contributed by atoms with Crippen molar-refractivity contribution in [2.45, 2.75) is 19.0 Å². The first-order chi connectivity index (χ1) is 12.0. The standard InChI is InChI=1S/C19H19NO5/c1-24-16-8-7-12(9-17(16)25-2)15(10-18(21)22)20-11-13-5-3-4-6-14(13)19(20)23/h3-9,15H,10-11H2,1-2H3,(H,21,22)/t15-/m0/s1. The molecule has 1 aliphatic rings. The SMILES string of the molecule is COc1ccc([C@H](CC(=O)O)N2Cc3ccccc3C2=O)cc1OC. The number of ether oxygens (including phenoxy) is 2. The van der Waals surface area contributed by atoms with Crippen molar-refractivity contribution in [3.8, 4) is 11.5 Å². The van der Waals surface area contributed by atoms with Gasteiger partial charge in [-0.1, -0.05) is 24.3 Å². The predicted octanol–water partition coefficient (Wildman–Crippen LogP) is 2.88. The van der Waals surface area contributed by atoms with Crippen molar-refractivity contribution in [3.63, 3.8) is 0 Å². The summed E-state index contributed by atoms with van der Waals surface area (Å²) < 4.78 is 10.5. The Morgan fingerprint density at radius 3 is 2.52 bits per heavy atom. The molecule has 6 heteroatoms. The van der Waals surface area contributed by atoms with Gasteiger partial charge in [-0.15, -0.1) is 0 Å². The van der Waals surface area contributed by atoms with Crippen LogP contribution in [0.3, 0.4) is 0 Å². The van der Waals surface area contributed by atoms with Gasteiger partial charge in [0.1, 0.15) is 0 Å². The highest BCUT2D eigenvalue weighted by atomic mass is 16.5. The minimum atomic E-state index is -0.969. The monoisotopic (exact) mass is 341 g/mol. The summed E-state index contributed by atoms with van der Waals surface area (Å²) in [5, 5.41) is 9.34. The largest absolute Gasteiger partial charge is 0.493 e. The zero-order chi connectivity index (χ0) is 18.0. The molecular weight excluding hydrogens is 322 g/mol. The Bertz CT molecular complexity index is 817. The molecule has 25 heavy (non-hydrogen) atoms. The fourth-order valence-electron chi connectivity index (χ4n) is 3.16. The summed E-state index contributed by atoms with van der Waals surface area (Å²) in [7, 11) is 3.05. The number of benzene rings is 2. The second-order valence-corrected chi connectivity index (χ2v) is 5.82. The van der Waals surface area contributed by atoms with Gasteiger partial charge in [-0.05, 0) is 29.3 Å². The van der Waals surface area contributed by atoms with E-state index >= 15 is 0 Å². The third kappa shape index (κ3) is 3.15. The Hall–Kier alpha value is -3.02. The summed E-state index contributed by atoms with van der Waals surface area (Å²) >= 11 is 0. The van der Waals surface area contributed by atoms with Crippen LogP contribution in [0, 0.1) is 0 Å². The first kappa shape index (κ1) is 16.8. The van der Waals surface area contributed by atoms with Gasteiger partial charge in [0.05, 0.1) is 26.7 Å². The van der Waals surface area contributed by atoms with Gasteiger partial charge in [0.25, 0.3) is 5.91 Å². The third-order valence-electron chi connectivity index (χ3n) is 4.39. The fraction of sp³-hybridized carbons (Fsp3) is 0.263. The van der Waals surface area contributed by atoms with Crippen molar-refractivity contribution >= 4 is 11.9 Å². The second kappa shape index (κ2) is 6.84. The average molecular weight is 341 g/mol. The maximum atomic E-state index is 12.7. The van der Waals surface area contributed by atoms with Gasteiger partial charge in [-0.3, -0.25) is 9.59 Å². The van der Waals surface area contributed by atoms with Crippen molar-refractivity contribution in [1.82, 2.24) is 4.90 Å². The number of carboxylic acids is 1. The van der Waals surface area contributed by atoms with E-state index in [2.05, 4.69) is 0 Å². The van der Waals surface area contributed by atoms with E-state index in [1.807, 2.05) is 18.2 Å². The number of carbonyl (C=O) groups is 2. The maximum absolute atomic E-state index is 12.7. The average Bonchev–Trinajstić information content (AvgIpc) is 2.96.